The number of esters is 8. The van der Waals surface area contributed by atoms with Crippen molar-refractivity contribution in [1.29, 1.82) is 0 Å². The lowest BCUT2D eigenvalue weighted by Crippen LogP contribution is -2.40. The molecule has 13 rings (SSSR count). The first-order valence-electron chi connectivity index (χ1n) is 44.4. The number of methoxy groups -OCH3 is 2. The number of nitro groups is 1. The van der Waals surface area contributed by atoms with Gasteiger partial charge in [-0.05, 0) is 195 Å². The van der Waals surface area contributed by atoms with Gasteiger partial charge in [0.25, 0.3) is 0 Å². The van der Waals surface area contributed by atoms with Gasteiger partial charge in [-0.1, -0.05) is 304 Å². The number of rotatable bonds is 12. The monoisotopic (exact) mass is 1840 g/mol. The Hall–Kier alpha value is -12.4. The summed E-state index contributed by atoms with van der Waals surface area (Å²) in [5.74, 6) is -2.39. The number of alkyl halides is 1. The van der Waals surface area contributed by atoms with E-state index in [0.29, 0.717) is 40.6 Å². The van der Waals surface area contributed by atoms with Crippen molar-refractivity contribution in [3.63, 3.8) is 0 Å². The third-order valence-corrected chi connectivity index (χ3v) is 26.1. The van der Waals surface area contributed by atoms with Gasteiger partial charge in [0.05, 0.1) is 21.4 Å². The molecule has 0 spiro atoms. The van der Waals surface area contributed by atoms with E-state index in [-0.39, 0.29) is 80.2 Å². The molecule has 0 fully saturated rings. The number of ether oxygens (including phenoxy) is 8. The number of carbonyl (C=O) groups excluding carboxylic acids is 8. The van der Waals surface area contributed by atoms with Gasteiger partial charge in [-0.3, -0.25) is 24.1 Å². The van der Waals surface area contributed by atoms with Crippen LogP contribution in [0.4, 0.5) is 4.39 Å². The lowest BCUT2D eigenvalue weighted by atomic mass is 9.76. The fourth-order valence-corrected chi connectivity index (χ4v) is 16.2. The molecule has 726 valence electrons. The molecule has 0 aromatic heterocycles. The summed E-state index contributed by atoms with van der Waals surface area (Å²) >= 11 is 0. The van der Waals surface area contributed by atoms with E-state index in [4.69, 9.17) is 45.1 Å². The topological polar surface area (TPSA) is 258 Å². The van der Waals surface area contributed by atoms with Crippen LogP contribution in [0.2, 0.25) is 0 Å². The molecule has 0 saturated heterocycles. The zero-order valence-corrected chi connectivity index (χ0v) is 85.8. The van der Waals surface area contributed by atoms with Gasteiger partial charge in [0, 0.05) is 84.7 Å². The summed E-state index contributed by atoms with van der Waals surface area (Å²) in [5, 5.41) is 8.81. The third-order valence-electron chi connectivity index (χ3n) is 26.1. The van der Waals surface area contributed by atoms with E-state index in [0.717, 1.165) is 79.0 Å². The van der Waals surface area contributed by atoms with E-state index >= 15 is 0 Å². The summed E-state index contributed by atoms with van der Waals surface area (Å²) < 4.78 is 52.3. The summed E-state index contributed by atoms with van der Waals surface area (Å²) in [5.41, 5.74) is 14.1. The molecule has 0 heterocycles. The molecule has 6 aliphatic rings. The molecule has 0 aliphatic heterocycles. The number of halogens is 1. The highest BCUT2D eigenvalue weighted by atomic mass is 19.1. The third kappa shape index (κ3) is 29.3. The molecule has 7 aromatic carbocycles. The van der Waals surface area contributed by atoms with Crippen LogP contribution < -0.4 is 0 Å². The van der Waals surface area contributed by atoms with Crippen LogP contribution in [-0.4, -0.2) is 88.2 Å². The number of carbonyl (C=O) groups is 8. The van der Waals surface area contributed by atoms with Crippen molar-refractivity contribution in [2.75, 3.05) is 35.5 Å². The van der Waals surface area contributed by atoms with Crippen LogP contribution in [0.3, 0.4) is 0 Å². The zero-order chi connectivity index (χ0) is 103. The van der Waals surface area contributed by atoms with Gasteiger partial charge in [0.15, 0.2) is 7.05 Å². The minimum absolute atomic E-state index is 0.109. The number of benzene rings is 7. The van der Waals surface area contributed by atoms with E-state index in [1.54, 1.807) is 41.5 Å². The normalized spacial score (nSPS) is 21.0. The standard InChI is InChI=1S/6C16H20O2.C7H8.2C3H6O2.C2H3N.CH3F.CH3NO2/c6*1-11(2)14(17)18-16(5)13-9-7-6-8-12(13)10-15(16,3)4;1-7-5-3-2-4-6-7;2*1-3(4)5-2;1-3-2;1-2;1-2(3)4/h6*6-9H,1,10H2,2-5H3;2-6H,1H3;2*1-2H3;1H3;1H3;1H3. The zero-order valence-electron chi connectivity index (χ0n) is 85.8. The summed E-state index contributed by atoms with van der Waals surface area (Å²) in [4.78, 5) is 102. The molecular weight excluding hydrogens is 1690 g/mol. The molecule has 6 atom stereocenters. The first-order chi connectivity index (χ1) is 61.7. The predicted octanol–water partition coefficient (Wildman–Crippen LogP) is 25.0. The highest BCUT2D eigenvalue weighted by Crippen LogP contribution is 2.58. The maximum absolute atomic E-state index is 11.9. The van der Waals surface area contributed by atoms with Crippen LogP contribution in [0.1, 0.15) is 252 Å². The van der Waals surface area contributed by atoms with E-state index in [1.807, 2.05) is 133 Å². The lowest BCUT2D eigenvalue weighted by Gasteiger charge is -2.38. The number of hydrogen-bond acceptors (Lipinski definition) is 18. The Balaban J connectivity index is 0.000000516. The van der Waals surface area contributed by atoms with Gasteiger partial charge in [-0.2, -0.15) is 0 Å². The van der Waals surface area contributed by atoms with Crippen molar-refractivity contribution in [1.82, 2.24) is 0 Å². The smallest absolute Gasteiger partial charge is 0.334 e. The maximum atomic E-state index is 11.9. The Morgan fingerprint density at radius 2 is 0.418 bits per heavy atom. The molecule has 0 saturated carbocycles. The van der Waals surface area contributed by atoms with Crippen molar-refractivity contribution in [2.45, 2.75) is 259 Å². The Labute approximate surface area is 798 Å². The lowest BCUT2D eigenvalue weighted by molar-refractivity contribution is -0.445. The second-order valence-corrected chi connectivity index (χ2v) is 39.2. The van der Waals surface area contributed by atoms with Crippen LogP contribution in [0.5, 0.6) is 0 Å². The van der Waals surface area contributed by atoms with Gasteiger partial charge in [-0.25, -0.2) is 35.3 Å². The Bertz CT molecular complexity index is 4670. The summed E-state index contributed by atoms with van der Waals surface area (Å²) in [6, 6.07) is 59.4. The van der Waals surface area contributed by atoms with Crippen molar-refractivity contribution in [3.8, 4) is 0 Å². The molecule has 0 amide bonds. The van der Waals surface area contributed by atoms with Crippen LogP contribution >= 0.6 is 0 Å². The van der Waals surface area contributed by atoms with Gasteiger partial charge in [0.2, 0.25) is 7.05 Å². The number of hydrogen-bond donors (Lipinski definition) is 0. The van der Waals surface area contributed by atoms with Crippen molar-refractivity contribution in [3.05, 3.63) is 343 Å². The Morgan fingerprint density at radius 3 is 0.515 bits per heavy atom. The van der Waals surface area contributed by atoms with Gasteiger partial charge in [-0.15, -0.1) is 0 Å². The molecule has 0 bridgehead atoms. The number of aryl methyl sites for hydroxylation is 1. The van der Waals surface area contributed by atoms with Crippen molar-refractivity contribution in [2.24, 2.45) is 32.5 Å². The van der Waals surface area contributed by atoms with Crippen LogP contribution in [0.25, 0.3) is 4.85 Å². The highest BCUT2D eigenvalue weighted by Gasteiger charge is 2.57. The van der Waals surface area contributed by atoms with E-state index in [2.05, 4.69) is 229 Å². The van der Waals surface area contributed by atoms with E-state index in [9.17, 15) is 42.7 Å². The molecule has 6 aliphatic carbocycles. The van der Waals surface area contributed by atoms with Crippen LogP contribution in [0.15, 0.2) is 249 Å². The molecule has 134 heavy (non-hydrogen) atoms. The molecule has 20 nitrogen and oxygen atoms in total. The summed E-state index contributed by atoms with van der Waals surface area (Å²) in [7, 11) is 5.50. The van der Waals surface area contributed by atoms with Gasteiger partial charge < -0.3 is 42.7 Å². The fraction of sp³-hybridized carbons (Fsp3) is 0.442. The summed E-state index contributed by atoms with van der Waals surface area (Å²) in [6.07, 6.45) is 5.52. The van der Waals surface area contributed by atoms with Crippen LogP contribution in [-0.2, 0) is 148 Å². The average Bonchev–Trinajstić information content (AvgIpc) is 1.62. The second-order valence-electron chi connectivity index (χ2n) is 39.2. The van der Waals surface area contributed by atoms with Gasteiger partial charge in [0.1, 0.15) is 33.6 Å². The minimum atomic E-state index is -0.584. The quantitative estimate of drug-likeness (QED) is 0.0275. The highest BCUT2D eigenvalue weighted by molar-refractivity contribution is 5.90. The Kier molecular flexibility index (Phi) is 43.0. The summed E-state index contributed by atoms with van der Waals surface area (Å²) in [6.45, 7) is 80.3. The number of fused-ring (bicyclic) bond motifs is 6. The first-order valence-corrected chi connectivity index (χ1v) is 44.4. The second kappa shape index (κ2) is 49.0. The molecule has 21 heteroatoms. The maximum Gasteiger partial charge on any atom is 0.334 e. The molecule has 0 N–H and O–H groups in total. The van der Waals surface area contributed by atoms with Gasteiger partial charge >= 0.3 is 47.8 Å². The first kappa shape index (κ1) is 118. The fourth-order valence-electron chi connectivity index (χ4n) is 16.2. The molecule has 6 unspecified atom stereocenters. The Morgan fingerprint density at radius 1 is 0.306 bits per heavy atom. The minimum Gasteiger partial charge on any atom is -0.469 e. The van der Waals surface area contributed by atoms with Crippen LogP contribution in [0, 0.1) is 56.1 Å². The van der Waals surface area contributed by atoms with E-state index < -0.39 is 38.5 Å². The SMILES string of the molecule is C=C(C)C(=O)OC1(C)c2ccccc2CC1(C)C.C=C(C)C(=O)OC1(C)c2ccccc2CC1(C)C.C=C(C)C(=O)OC1(C)c2ccccc2CC1(C)C.C=C(C)C(=O)OC1(C)c2ccccc2CC1(C)C.C=C(C)C(=O)OC1(C)c2ccccc2CC1(C)C.C=C(C)C(=O)OC1(C)c2ccccc2CC1(C)C.CF.COC(C)=O.COC(C)=O.C[N+](=O)[O-].Cc1ccccc1.[C-]#[N+]C. The molecular formula is C113H149FN2O18. The molecule has 7 aromatic rings. The van der Waals surface area contributed by atoms with Crippen molar-refractivity contribution >= 4 is 47.8 Å². The average molecular weight is 1840 g/mol. The largest absolute Gasteiger partial charge is 0.469 e. The van der Waals surface area contributed by atoms with Crippen molar-refractivity contribution < 1.29 is 85.6 Å². The number of nitrogens with zero attached hydrogens (tertiary/aromatic N) is 2. The molecule has 0 radical (unpaired) electrons. The van der Waals surface area contributed by atoms with E-state index in [1.165, 1.54) is 74.1 Å². The predicted molar refractivity (Wildman–Crippen MR) is 532 cm³/mol.